The first kappa shape index (κ1) is 9.96. The highest BCUT2D eigenvalue weighted by Gasteiger charge is 2.08. The van der Waals surface area contributed by atoms with Crippen LogP contribution in [0.1, 0.15) is 5.56 Å². The first-order valence-electron chi connectivity index (χ1n) is 5.24. The van der Waals surface area contributed by atoms with Crippen molar-refractivity contribution < 1.29 is 4.39 Å². The standard InChI is InChI=1S/C13H9FN2O/c1-8-5-6-16-11(7-8)15-12-9(13(16)17)3-2-4-10(12)14/h2-7H,1H3. The fourth-order valence-electron chi connectivity index (χ4n) is 1.89. The minimum Gasteiger partial charge on any atom is -0.268 e. The Labute approximate surface area is 96.2 Å². The Balaban J connectivity index is 2.62. The van der Waals surface area contributed by atoms with Gasteiger partial charge in [-0.3, -0.25) is 9.20 Å². The molecule has 2 heterocycles. The highest BCUT2D eigenvalue weighted by molar-refractivity contribution is 5.80. The van der Waals surface area contributed by atoms with Gasteiger partial charge in [-0.05, 0) is 36.8 Å². The Morgan fingerprint density at radius 3 is 2.94 bits per heavy atom. The summed E-state index contributed by atoms with van der Waals surface area (Å²) in [6, 6.07) is 7.98. The third-order valence-corrected chi connectivity index (χ3v) is 2.75. The van der Waals surface area contributed by atoms with Crippen LogP contribution in [0.3, 0.4) is 0 Å². The molecule has 0 amide bonds. The summed E-state index contributed by atoms with van der Waals surface area (Å²) < 4.78 is 15.0. The van der Waals surface area contributed by atoms with Gasteiger partial charge in [0.2, 0.25) is 0 Å². The van der Waals surface area contributed by atoms with Crippen molar-refractivity contribution in [1.82, 2.24) is 9.38 Å². The van der Waals surface area contributed by atoms with Crippen molar-refractivity contribution in [3.8, 4) is 0 Å². The molecule has 0 saturated carbocycles. The third kappa shape index (κ3) is 1.41. The van der Waals surface area contributed by atoms with Crippen LogP contribution in [0.4, 0.5) is 4.39 Å². The molecule has 0 fully saturated rings. The van der Waals surface area contributed by atoms with E-state index < -0.39 is 5.82 Å². The van der Waals surface area contributed by atoms with Gasteiger partial charge in [0, 0.05) is 6.20 Å². The van der Waals surface area contributed by atoms with E-state index in [9.17, 15) is 9.18 Å². The van der Waals surface area contributed by atoms with Crippen LogP contribution >= 0.6 is 0 Å². The average molecular weight is 228 g/mol. The van der Waals surface area contributed by atoms with Crippen LogP contribution in [-0.4, -0.2) is 9.38 Å². The summed E-state index contributed by atoms with van der Waals surface area (Å²) in [6.45, 7) is 1.90. The smallest absolute Gasteiger partial charge is 0.265 e. The molecule has 0 bridgehead atoms. The molecule has 4 heteroatoms. The lowest BCUT2D eigenvalue weighted by Crippen LogP contribution is -2.15. The number of aryl methyl sites for hydroxylation is 1. The summed E-state index contributed by atoms with van der Waals surface area (Å²) in [7, 11) is 0. The number of halogens is 1. The van der Waals surface area contributed by atoms with E-state index in [0.717, 1.165) is 5.56 Å². The van der Waals surface area contributed by atoms with Crippen molar-refractivity contribution in [2.75, 3.05) is 0 Å². The topological polar surface area (TPSA) is 34.4 Å². The lowest BCUT2D eigenvalue weighted by molar-refractivity contribution is 0.636. The summed E-state index contributed by atoms with van der Waals surface area (Å²) in [5.41, 5.74) is 1.33. The number of aromatic nitrogens is 2. The predicted octanol–water partition coefficient (Wildman–Crippen LogP) is 2.30. The molecular weight excluding hydrogens is 219 g/mol. The fourth-order valence-corrected chi connectivity index (χ4v) is 1.89. The number of para-hydroxylation sites is 1. The van der Waals surface area contributed by atoms with E-state index in [-0.39, 0.29) is 11.1 Å². The summed E-state index contributed by atoms with van der Waals surface area (Å²) in [4.78, 5) is 16.3. The van der Waals surface area contributed by atoms with Crippen LogP contribution in [0.25, 0.3) is 16.6 Å². The zero-order valence-electron chi connectivity index (χ0n) is 9.14. The molecule has 84 valence electrons. The average Bonchev–Trinajstić information content (AvgIpc) is 2.30. The minimum absolute atomic E-state index is 0.128. The van der Waals surface area contributed by atoms with Gasteiger partial charge in [0.15, 0.2) is 0 Å². The zero-order chi connectivity index (χ0) is 12.0. The van der Waals surface area contributed by atoms with Crippen LogP contribution in [0, 0.1) is 12.7 Å². The molecule has 0 N–H and O–H groups in total. The summed E-state index contributed by atoms with van der Waals surface area (Å²) >= 11 is 0. The molecule has 0 atom stereocenters. The van der Waals surface area contributed by atoms with Crippen molar-refractivity contribution >= 4 is 16.6 Å². The molecule has 1 aromatic carbocycles. The third-order valence-electron chi connectivity index (χ3n) is 2.75. The first-order valence-corrected chi connectivity index (χ1v) is 5.24. The normalized spacial score (nSPS) is 11.2. The van der Waals surface area contributed by atoms with Gasteiger partial charge in [-0.15, -0.1) is 0 Å². The first-order chi connectivity index (χ1) is 8.16. The number of hydrogen-bond acceptors (Lipinski definition) is 2. The van der Waals surface area contributed by atoms with E-state index in [0.29, 0.717) is 11.0 Å². The summed E-state index contributed by atoms with van der Waals surface area (Å²) in [5.74, 6) is -0.469. The molecular formula is C13H9FN2O. The number of rotatable bonds is 0. The number of pyridine rings is 1. The van der Waals surface area contributed by atoms with Crippen molar-refractivity contribution in [2.24, 2.45) is 0 Å². The van der Waals surface area contributed by atoms with Crippen molar-refractivity contribution in [3.05, 3.63) is 58.3 Å². The van der Waals surface area contributed by atoms with E-state index >= 15 is 0 Å². The van der Waals surface area contributed by atoms with Crippen LogP contribution in [0.15, 0.2) is 41.3 Å². The SMILES string of the molecule is Cc1ccn2c(=O)c3cccc(F)c3nc2c1. The number of hydrogen-bond donors (Lipinski definition) is 0. The quantitative estimate of drug-likeness (QED) is 0.553. The largest absolute Gasteiger partial charge is 0.268 e. The van der Waals surface area contributed by atoms with Crippen LogP contribution in [0.2, 0.25) is 0 Å². The van der Waals surface area contributed by atoms with Crippen molar-refractivity contribution in [1.29, 1.82) is 0 Å². The van der Waals surface area contributed by atoms with Gasteiger partial charge in [-0.1, -0.05) is 6.07 Å². The summed E-state index contributed by atoms with van der Waals surface area (Å²) in [5, 5.41) is 0.298. The second-order valence-electron chi connectivity index (χ2n) is 3.99. The lowest BCUT2D eigenvalue weighted by Gasteiger charge is -2.04. The van der Waals surface area contributed by atoms with E-state index in [1.54, 1.807) is 18.3 Å². The maximum atomic E-state index is 13.6. The minimum atomic E-state index is -0.469. The number of nitrogens with zero attached hydrogens (tertiary/aromatic N) is 2. The van der Waals surface area contributed by atoms with E-state index in [2.05, 4.69) is 4.98 Å². The Morgan fingerprint density at radius 2 is 2.12 bits per heavy atom. The molecule has 0 aliphatic heterocycles. The molecule has 0 aliphatic rings. The Morgan fingerprint density at radius 1 is 1.29 bits per heavy atom. The van der Waals surface area contributed by atoms with Gasteiger partial charge in [0.25, 0.3) is 5.56 Å². The van der Waals surface area contributed by atoms with Gasteiger partial charge < -0.3 is 0 Å². The Bertz CT molecular complexity index is 792. The maximum Gasteiger partial charge on any atom is 0.265 e. The van der Waals surface area contributed by atoms with Crippen molar-refractivity contribution in [3.63, 3.8) is 0 Å². The predicted molar refractivity (Wildman–Crippen MR) is 63.7 cm³/mol. The molecule has 3 aromatic rings. The summed E-state index contributed by atoms with van der Waals surface area (Å²) in [6.07, 6.45) is 1.66. The van der Waals surface area contributed by atoms with E-state index in [1.165, 1.54) is 16.5 Å². The zero-order valence-corrected chi connectivity index (χ0v) is 9.14. The van der Waals surface area contributed by atoms with E-state index in [4.69, 9.17) is 0 Å². The lowest BCUT2D eigenvalue weighted by atomic mass is 10.2. The number of fused-ring (bicyclic) bond motifs is 2. The highest BCUT2D eigenvalue weighted by Crippen LogP contribution is 2.13. The molecule has 0 radical (unpaired) electrons. The second kappa shape index (κ2) is 3.38. The molecule has 0 spiro atoms. The molecule has 0 unspecified atom stereocenters. The molecule has 3 rings (SSSR count). The number of benzene rings is 1. The van der Waals surface area contributed by atoms with E-state index in [1.807, 2.05) is 13.0 Å². The van der Waals surface area contributed by atoms with Gasteiger partial charge in [-0.25, -0.2) is 9.37 Å². The van der Waals surface area contributed by atoms with Crippen LogP contribution < -0.4 is 5.56 Å². The van der Waals surface area contributed by atoms with Crippen LogP contribution in [-0.2, 0) is 0 Å². The van der Waals surface area contributed by atoms with Crippen LogP contribution in [0.5, 0.6) is 0 Å². The monoisotopic (exact) mass is 228 g/mol. The van der Waals surface area contributed by atoms with Crippen molar-refractivity contribution in [2.45, 2.75) is 6.92 Å². The van der Waals surface area contributed by atoms with Gasteiger partial charge in [-0.2, -0.15) is 0 Å². The van der Waals surface area contributed by atoms with Gasteiger partial charge in [0.1, 0.15) is 17.0 Å². The molecule has 0 aliphatic carbocycles. The maximum absolute atomic E-state index is 13.6. The van der Waals surface area contributed by atoms with Gasteiger partial charge in [0.05, 0.1) is 5.39 Å². The molecule has 0 saturated heterocycles. The fraction of sp³-hybridized carbons (Fsp3) is 0.0769. The Hall–Kier alpha value is -2.23. The highest BCUT2D eigenvalue weighted by atomic mass is 19.1. The van der Waals surface area contributed by atoms with Gasteiger partial charge >= 0.3 is 0 Å². The Kier molecular flexibility index (Phi) is 1.98. The molecule has 3 nitrogen and oxygen atoms in total. The molecule has 17 heavy (non-hydrogen) atoms. The second-order valence-corrected chi connectivity index (χ2v) is 3.99. The molecule has 2 aromatic heterocycles.